The van der Waals surface area contributed by atoms with E-state index in [2.05, 4.69) is 121 Å². The van der Waals surface area contributed by atoms with Gasteiger partial charge in [0, 0.05) is 0 Å². The quantitative estimate of drug-likeness (QED) is 0.288. The summed E-state index contributed by atoms with van der Waals surface area (Å²) < 4.78 is 0.611. The number of hydrogen-bond acceptors (Lipinski definition) is 0. The minimum Gasteiger partial charge on any atom is -1.00 e. The summed E-state index contributed by atoms with van der Waals surface area (Å²) in [7, 11) is 0. The Kier molecular flexibility index (Phi) is 8.27. The first kappa shape index (κ1) is 25.1. The molecular formula is C30H24Cl2SiZr. The maximum absolute atomic E-state index is 2.41. The molecule has 1 atom stereocenters. The van der Waals surface area contributed by atoms with Crippen LogP contribution in [0.25, 0.3) is 16.7 Å². The van der Waals surface area contributed by atoms with E-state index in [-0.39, 0.29) is 24.8 Å². The van der Waals surface area contributed by atoms with Gasteiger partial charge in [0.2, 0.25) is 0 Å². The third-order valence-corrected chi connectivity index (χ3v) is 20.7. The van der Waals surface area contributed by atoms with Gasteiger partial charge in [-0.1, -0.05) is 0 Å². The number of halogens is 2. The van der Waals surface area contributed by atoms with E-state index in [1.54, 1.807) is 21.5 Å². The van der Waals surface area contributed by atoms with Crippen molar-refractivity contribution in [1.29, 1.82) is 0 Å². The van der Waals surface area contributed by atoms with E-state index < -0.39 is 28.3 Å². The Hall–Kier alpha value is -1.96. The molecule has 1 unspecified atom stereocenters. The van der Waals surface area contributed by atoms with Gasteiger partial charge in [0.15, 0.2) is 0 Å². The van der Waals surface area contributed by atoms with Gasteiger partial charge in [0.1, 0.15) is 0 Å². The molecule has 0 N–H and O–H groups in total. The molecule has 0 saturated heterocycles. The Morgan fingerprint density at radius 1 is 0.618 bits per heavy atom. The molecule has 2 aliphatic carbocycles. The standard InChI is InChI=1S/C18H13.C12H11Si.2ClH.Zr/c1-2-7-13(6-1)15-10-5-11-17-16-9-4-3-8-14(16)12-18(15)17;1-3-7-11(8-4-1)13-12-9-5-2-6-10-12;;;/h1-6,8-12H,7H2;1-10,13H;2*1H;/q;;;;+2/p-2. The summed E-state index contributed by atoms with van der Waals surface area (Å²) in [6.45, 7) is 0. The van der Waals surface area contributed by atoms with Crippen molar-refractivity contribution in [3.63, 3.8) is 0 Å². The predicted octanol–water partition coefficient (Wildman–Crippen LogP) is -0.272. The summed E-state index contributed by atoms with van der Waals surface area (Å²) in [6, 6.07) is 39.0. The van der Waals surface area contributed by atoms with Gasteiger partial charge < -0.3 is 24.8 Å². The molecule has 4 heteroatoms. The molecule has 0 aromatic heterocycles. The molecule has 0 nitrogen and oxygen atoms in total. The summed E-state index contributed by atoms with van der Waals surface area (Å²) in [5.74, 6) is -1.24. The number of hydrogen-bond donors (Lipinski definition) is 0. The van der Waals surface area contributed by atoms with E-state index in [9.17, 15) is 0 Å². The van der Waals surface area contributed by atoms with Gasteiger partial charge in [0.05, 0.1) is 0 Å². The molecule has 4 aromatic rings. The number of allylic oxidation sites excluding steroid dienone is 4. The molecule has 2 aliphatic rings. The maximum Gasteiger partial charge on any atom is -1.00 e. The SMILES string of the molecule is C1=CCC(c2cccc3c2[CH]([Zr+2][SiH](c2ccccc2)c2ccccc2)c2ccccc2-3)=C1.[Cl-].[Cl-]. The number of fused-ring (bicyclic) bond motifs is 3. The first-order valence-electron chi connectivity index (χ1n) is 11.3. The van der Waals surface area contributed by atoms with E-state index in [1.165, 1.54) is 22.3 Å². The van der Waals surface area contributed by atoms with E-state index in [0.717, 1.165) is 6.42 Å². The van der Waals surface area contributed by atoms with Crippen LogP contribution in [-0.4, -0.2) is 5.92 Å². The zero-order chi connectivity index (χ0) is 21.3. The van der Waals surface area contributed by atoms with Crippen LogP contribution in [-0.2, 0) is 22.4 Å². The fraction of sp³-hybridized carbons (Fsp3) is 0.0667. The minimum absolute atomic E-state index is 0. The van der Waals surface area contributed by atoms with Crippen LogP contribution in [0.2, 0.25) is 0 Å². The van der Waals surface area contributed by atoms with Crippen molar-refractivity contribution < 1.29 is 47.2 Å². The van der Waals surface area contributed by atoms with Gasteiger partial charge in [-0.2, -0.15) is 0 Å². The Morgan fingerprint density at radius 2 is 1.21 bits per heavy atom. The van der Waals surface area contributed by atoms with E-state index in [0.29, 0.717) is 3.63 Å². The van der Waals surface area contributed by atoms with Gasteiger partial charge >= 0.3 is 203 Å². The predicted molar refractivity (Wildman–Crippen MR) is 135 cm³/mol. The van der Waals surface area contributed by atoms with Crippen LogP contribution in [0.1, 0.15) is 26.7 Å². The molecule has 0 bridgehead atoms. The molecule has 0 aliphatic heterocycles. The van der Waals surface area contributed by atoms with E-state index in [4.69, 9.17) is 0 Å². The van der Waals surface area contributed by atoms with Crippen molar-refractivity contribution in [2.24, 2.45) is 0 Å². The van der Waals surface area contributed by atoms with Crippen LogP contribution < -0.4 is 35.2 Å². The smallest absolute Gasteiger partial charge is 1.00 e. The van der Waals surface area contributed by atoms with Crippen molar-refractivity contribution in [2.45, 2.75) is 10.0 Å². The molecule has 4 aromatic carbocycles. The van der Waals surface area contributed by atoms with E-state index >= 15 is 0 Å². The second-order valence-electron chi connectivity index (χ2n) is 8.53. The van der Waals surface area contributed by atoms with Gasteiger partial charge in [-0.05, 0) is 0 Å². The first-order chi connectivity index (χ1) is 15.9. The average Bonchev–Trinajstić information content (AvgIpc) is 3.51. The molecule has 0 fully saturated rings. The monoisotopic (exact) mass is 572 g/mol. The topological polar surface area (TPSA) is 0 Å². The molecular weight excluding hydrogens is 551 g/mol. The Balaban J connectivity index is 0.00000137. The number of benzene rings is 4. The molecule has 6 rings (SSSR count). The summed E-state index contributed by atoms with van der Waals surface area (Å²) >= 11 is -0.844. The summed E-state index contributed by atoms with van der Waals surface area (Å²) in [5, 5.41) is 3.21. The largest absolute Gasteiger partial charge is 1.00 e. The molecule has 166 valence electrons. The molecule has 34 heavy (non-hydrogen) atoms. The zero-order valence-electron chi connectivity index (χ0n) is 18.7. The van der Waals surface area contributed by atoms with Crippen LogP contribution >= 0.6 is 0 Å². The Bertz CT molecular complexity index is 1290. The Morgan fingerprint density at radius 3 is 1.85 bits per heavy atom. The summed E-state index contributed by atoms with van der Waals surface area (Å²) in [6.07, 6.45) is 7.89. The fourth-order valence-corrected chi connectivity index (χ4v) is 19.9. The van der Waals surface area contributed by atoms with Gasteiger partial charge in [-0.15, -0.1) is 0 Å². The van der Waals surface area contributed by atoms with Crippen molar-refractivity contribution in [2.75, 3.05) is 0 Å². The van der Waals surface area contributed by atoms with Crippen LogP contribution in [0, 0.1) is 0 Å². The van der Waals surface area contributed by atoms with E-state index in [1.807, 2.05) is 0 Å². The van der Waals surface area contributed by atoms with Gasteiger partial charge in [-0.3, -0.25) is 0 Å². The molecule has 0 saturated carbocycles. The van der Waals surface area contributed by atoms with Crippen molar-refractivity contribution >= 4 is 21.9 Å². The van der Waals surface area contributed by atoms with Crippen molar-refractivity contribution in [3.05, 3.63) is 138 Å². The third kappa shape index (κ3) is 4.62. The maximum atomic E-state index is 2.41. The molecule has 0 heterocycles. The second-order valence-corrected chi connectivity index (χ2v) is 19.2. The van der Waals surface area contributed by atoms with Gasteiger partial charge in [-0.25, -0.2) is 0 Å². The van der Waals surface area contributed by atoms with Crippen molar-refractivity contribution in [3.8, 4) is 11.1 Å². The molecule has 0 radical (unpaired) electrons. The average molecular weight is 575 g/mol. The van der Waals surface area contributed by atoms with Crippen LogP contribution in [0.4, 0.5) is 0 Å². The second kappa shape index (κ2) is 11.2. The minimum atomic E-state index is -1.24. The molecule has 0 spiro atoms. The fourth-order valence-electron chi connectivity index (χ4n) is 5.20. The normalized spacial score (nSPS) is 15.0. The van der Waals surface area contributed by atoms with Crippen LogP contribution in [0.3, 0.4) is 0 Å². The third-order valence-electron chi connectivity index (χ3n) is 6.67. The molecule has 0 amide bonds. The van der Waals surface area contributed by atoms with Crippen molar-refractivity contribution in [1.82, 2.24) is 0 Å². The summed E-state index contributed by atoms with van der Waals surface area (Å²) in [5.41, 5.74) is 9.12. The van der Waals surface area contributed by atoms with Crippen LogP contribution in [0.5, 0.6) is 0 Å². The number of rotatable bonds is 5. The van der Waals surface area contributed by atoms with Crippen LogP contribution in [0.15, 0.2) is 121 Å². The Labute approximate surface area is 226 Å². The zero-order valence-corrected chi connectivity index (χ0v) is 23.8. The van der Waals surface area contributed by atoms with Gasteiger partial charge in [0.25, 0.3) is 0 Å². The first-order valence-corrected chi connectivity index (χ1v) is 18.8. The summed E-state index contributed by atoms with van der Waals surface area (Å²) in [4.78, 5) is 0.